The fourth-order valence-corrected chi connectivity index (χ4v) is 2.24. The standard InChI is InChI=1S/C12H17N3O3/c1-17-10-4-7-3-9(12(16)15-13)14-6-8(7)5-11(10)18-2/h4-5,9,14H,3,6,13H2,1-2H3,(H,15,16)/p+1/t9-/m0/s1. The third kappa shape index (κ3) is 2.25. The number of hydrogen-bond donors (Lipinski definition) is 3. The minimum absolute atomic E-state index is 0.157. The maximum Gasteiger partial charge on any atom is 0.292 e. The molecule has 0 bridgehead atoms. The summed E-state index contributed by atoms with van der Waals surface area (Å²) in [5, 5.41) is 1.97. The van der Waals surface area contributed by atoms with E-state index in [0.717, 1.165) is 17.7 Å². The van der Waals surface area contributed by atoms with Crippen molar-refractivity contribution in [1.82, 2.24) is 5.43 Å². The van der Waals surface area contributed by atoms with Gasteiger partial charge in [0, 0.05) is 12.0 Å². The fraction of sp³-hybridized carbons (Fsp3) is 0.417. The van der Waals surface area contributed by atoms with E-state index >= 15 is 0 Å². The molecule has 1 aromatic carbocycles. The lowest BCUT2D eigenvalue weighted by Gasteiger charge is -2.23. The quantitative estimate of drug-likeness (QED) is 0.354. The second-order valence-corrected chi connectivity index (χ2v) is 4.23. The molecule has 0 aromatic heterocycles. The lowest BCUT2D eigenvalue weighted by atomic mass is 9.95. The normalized spacial score (nSPS) is 17.8. The van der Waals surface area contributed by atoms with Gasteiger partial charge in [-0.2, -0.15) is 0 Å². The molecule has 5 N–H and O–H groups in total. The van der Waals surface area contributed by atoms with Crippen LogP contribution in [0.1, 0.15) is 11.1 Å². The van der Waals surface area contributed by atoms with Crippen molar-refractivity contribution < 1.29 is 19.6 Å². The van der Waals surface area contributed by atoms with E-state index in [0.29, 0.717) is 17.9 Å². The van der Waals surface area contributed by atoms with E-state index < -0.39 is 0 Å². The maximum absolute atomic E-state index is 11.5. The lowest BCUT2D eigenvalue weighted by Crippen LogP contribution is -2.93. The lowest BCUT2D eigenvalue weighted by molar-refractivity contribution is -0.695. The van der Waals surface area contributed by atoms with Gasteiger partial charge in [-0.3, -0.25) is 10.2 Å². The van der Waals surface area contributed by atoms with Crippen LogP contribution in [0, 0.1) is 0 Å². The molecule has 18 heavy (non-hydrogen) atoms. The van der Waals surface area contributed by atoms with Crippen molar-refractivity contribution in [3.63, 3.8) is 0 Å². The molecule has 1 atom stereocenters. The molecule has 1 aliphatic heterocycles. The van der Waals surface area contributed by atoms with Gasteiger partial charge in [0.15, 0.2) is 17.5 Å². The van der Waals surface area contributed by atoms with Gasteiger partial charge in [0.05, 0.1) is 14.2 Å². The highest BCUT2D eigenvalue weighted by molar-refractivity contribution is 5.80. The van der Waals surface area contributed by atoms with Crippen LogP contribution in [0.2, 0.25) is 0 Å². The molecule has 0 radical (unpaired) electrons. The molecule has 1 aromatic rings. The topological polar surface area (TPSA) is 90.2 Å². The molecule has 0 saturated carbocycles. The van der Waals surface area contributed by atoms with Crippen molar-refractivity contribution in [2.75, 3.05) is 14.2 Å². The summed E-state index contributed by atoms with van der Waals surface area (Å²) in [7, 11) is 3.21. The monoisotopic (exact) mass is 252 g/mol. The third-order valence-electron chi connectivity index (χ3n) is 3.25. The second-order valence-electron chi connectivity index (χ2n) is 4.23. The molecule has 0 aliphatic carbocycles. The first kappa shape index (κ1) is 12.7. The van der Waals surface area contributed by atoms with E-state index in [1.54, 1.807) is 14.2 Å². The van der Waals surface area contributed by atoms with Gasteiger partial charge in [0.2, 0.25) is 0 Å². The summed E-state index contributed by atoms with van der Waals surface area (Å²) in [6, 6.07) is 3.71. The van der Waals surface area contributed by atoms with Gasteiger partial charge in [-0.25, -0.2) is 5.84 Å². The van der Waals surface area contributed by atoms with E-state index in [9.17, 15) is 4.79 Å². The largest absolute Gasteiger partial charge is 0.493 e. The second kappa shape index (κ2) is 5.24. The molecular formula is C12H18N3O3+. The number of benzene rings is 1. The Bertz CT molecular complexity index is 462. The fourth-order valence-electron chi connectivity index (χ4n) is 2.24. The summed E-state index contributed by atoms with van der Waals surface area (Å²) in [4.78, 5) is 11.5. The number of ether oxygens (including phenoxy) is 2. The Labute approximate surface area is 105 Å². The number of nitrogens with two attached hydrogens (primary N) is 2. The van der Waals surface area contributed by atoms with E-state index in [1.165, 1.54) is 0 Å². The van der Waals surface area contributed by atoms with E-state index in [1.807, 2.05) is 17.4 Å². The molecule has 0 saturated heterocycles. The molecular weight excluding hydrogens is 234 g/mol. The summed E-state index contributed by atoms with van der Waals surface area (Å²) in [5.41, 5.74) is 4.45. The van der Waals surface area contributed by atoms with Crippen molar-refractivity contribution in [3.8, 4) is 11.5 Å². The average molecular weight is 252 g/mol. The molecule has 0 fully saturated rings. The van der Waals surface area contributed by atoms with Crippen LogP contribution in [-0.4, -0.2) is 26.2 Å². The van der Waals surface area contributed by atoms with Crippen molar-refractivity contribution in [2.45, 2.75) is 19.0 Å². The van der Waals surface area contributed by atoms with Crippen LogP contribution in [0.3, 0.4) is 0 Å². The van der Waals surface area contributed by atoms with Crippen molar-refractivity contribution in [1.29, 1.82) is 0 Å². The molecule has 2 rings (SSSR count). The number of hydrogen-bond acceptors (Lipinski definition) is 4. The Morgan fingerprint density at radius 2 is 1.94 bits per heavy atom. The Kier molecular flexibility index (Phi) is 3.69. The van der Waals surface area contributed by atoms with Crippen LogP contribution in [0.5, 0.6) is 11.5 Å². The van der Waals surface area contributed by atoms with Crippen LogP contribution in [0.4, 0.5) is 0 Å². The van der Waals surface area contributed by atoms with Gasteiger partial charge in [-0.1, -0.05) is 0 Å². The van der Waals surface area contributed by atoms with Gasteiger partial charge in [-0.05, 0) is 17.7 Å². The number of carbonyl (C=O) groups is 1. The zero-order valence-electron chi connectivity index (χ0n) is 10.5. The number of nitrogens with one attached hydrogen (secondary N) is 1. The zero-order chi connectivity index (χ0) is 13.1. The summed E-state index contributed by atoms with van der Waals surface area (Å²) in [5.74, 6) is 6.40. The average Bonchev–Trinajstić information content (AvgIpc) is 2.44. The molecule has 6 nitrogen and oxygen atoms in total. The summed E-state index contributed by atoms with van der Waals surface area (Å²) >= 11 is 0. The predicted octanol–water partition coefficient (Wildman–Crippen LogP) is -1.32. The van der Waals surface area contributed by atoms with E-state index in [4.69, 9.17) is 15.3 Å². The smallest absolute Gasteiger partial charge is 0.292 e. The van der Waals surface area contributed by atoms with Gasteiger partial charge in [0.1, 0.15) is 6.54 Å². The van der Waals surface area contributed by atoms with Crippen LogP contribution in [0.25, 0.3) is 0 Å². The number of hydrazine groups is 1. The SMILES string of the molecule is COc1cc2c(cc1OC)C[C@@H](C(=O)NN)[NH2+]C2. The van der Waals surface area contributed by atoms with Crippen molar-refractivity contribution in [3.05, 3.63) is 23.3 Å². The maximum atomic E-state index is 11.5. The number of rotatable bonds is 3. The van der Waals surface area contributed by atoms with Gasteiger partial charge in [0.25, 0.3) is 5.91 Å². The number of fused-ring (bicyclic) bond motifs is 1. The Morgan fingerprint density at radius 1 is 1.33 bits per heavy atom. The van der Waals surface area contributed by atoms with Gasteiger partial charge < -0.3 is 14.8 Å². The van der Waals surface area contributed by atoms with Crippen LogP contribution >= 0.6 is 0 Å². The highest BCUT2D eigenvalue weighted by Gasteiger charge is 2.28. The molecule has 6 heteroatoms. The summed E-state index contributed by atoms with van der Waals surface area (Å²) in [6.45, 7) is 0.730. The number of amides is 1. The predicted molar refractivity (Wildman–Crippen MR) is 65.0 cm³/mol. The first-order valence-electron chi connectivity index (χ1n) is 5.77. The number of carbonyl (C=O) groups excluding carboxylic acids is 1. The molecule has 98 valence electrons. The first-order valence-corrected chi connectivity index (χ1v) is 5.77. The third-order valence-corrected chi connectivity index (χ3v) is 3.25. The molecule has 0 spiro atoms. The van der Waals surface area contributed by atoms with E-state index in [2.05, 4.69) is 5.43 Å². The number of methoxy groups -OCH3 is 2. The number of quaternary nitrogens is 1. The summed E-state index contributed by atoms with van der Waals surface area (Å²) in [6.07, 6.45) is 0.638. The zero-order valence-corrected chi connectivity index (χ0v) is 10.5. The van der Waals surface area contributed by atoms with Crippen LogP contribution < -0.4 is 26.1 Å². The van der Waals surface area contributed by atoms with Gasteiger partial charge >= 0.3 is 0 Å². The first-order chi connectivity index (χ1) is 8.69. The molecule has 0 unspecified atom stereocenters. The van der Waals surface area contributed by atoms with Crippen LogP contribution in [-0.2, 0) is 17.8 Å². The van der Waals surface area contributed by atoms with Crippen molar-refractivity contribution in [2.24, 2.45) is 5.84 Å². The molecule has 1 amide bonds. The molecule has 1 heterocycles. The van der Waals surface area contributed by atoms with E-state index in [-0.39, 0.29) is 11.9 Å². The molecule has 1 aliphatic rings. The Balaban J connectivity index is 2.29. The minimum atomic E-state index is -0.180. The highest BCUT2D eigenvalue weighted by Crippen LogP contribution is 2.31. The minimum Gasteiger partial charge on any atom is -0.493 e. The highest BCUT2D eigenvalue weighted by atomic mass is 16.5. The van der Waals surface area contributed by atoms with Crippen LogP contribution in [0.15, 0.2) is 12.1 Å². The Morgan fingerprint density at radius 3 is 2.50 bits per heavy atom. The Hall–Kier alpha value is -1.79. The van der Waals surface area contributed by atoms with Crippen molar-refractivity contribution >= 4 is 5.91 Å². The van der Waals surface area contributed by atoms with Gasteiger partial charge in [-0.15, -0.1) is 0 Å². The summed E-state index contributed by atoms with van der Waals surface area (Å²) < 4.78 is 10.5.